The van der Waals surface area contributed by atoms with Crippen LogP contribution in [-0.2, 0) is 10.1 Å². The van der Waals surface area contributed by atoms with Crippen molar-refractivity contribution in [1.29, 1.82) is 0 Å². The van der Waals surface area contributed by atoms with Gasteiger partial charge < -0.3 is 4.74 Å². The van der Waals surface area contributed by atoms with Crippen LogP contribution in [0.15, 0.2) is 10.5 Å². The lowest BCUT2D eigenvalue weighted by molar-refractivity contribution is 0.0599. The van der Waals surface area contributed by atoms with Crippen LogP contribution < -0.4 is 0 Å². The Morgan fingerprint density at radius 2 is 2.27 bits per heavy atom. The first-order chi connectivity index (χ1) is 7.02. The number of methoxy groups -OCH3 is 1. The fraction of sp³-hybridized carbons (Fsp3) is 0.222. The monoisotopic (exact) mass is 450 g/mol. The van der Waals surface area contributed by atoms with E-state index in [0.29, 0.717) is 18.9 Å². The summed E-state index contributed by atoms with van der Waals surface area (Å²) in [5, 5.41) is 0.453. The van der Waals surface area contributed by atoms with E-state index in [1.807, 2.05) is 22.6 Å². The molecule has 0 N–H and O–H groups in total. The standard InChI is InChI=1S/C9H6Br2FIO2/c1-15-9(14)4-2-6(12)8(13)7(11)5(4)3-10/h2H,3H2,1H3. The van der Waals surface area contributed by atoms with E-state index in [-0.39, 0.29) is 5.56 Å². The minimum Gasteiger partial charge on any atom is -0.465 e. The molecule has 0 saturated carbocycles. The van der Waals surface area contributed by atoms with Gasteiger partial charge in [0.25, 0.3) is 0 Å². The van der Waals surface area contributed by atoms with E-state index in [1.165, 1.54) is 13.2 Å². The van der Waals surface area contributed by atoms with Gasteiger partial charge in [-0.2, -0.15) is 0 Å². The molecule has 0 aliphatic carbocycles. The number of hydrogen-bond acceptors (Lipinski definition) is 2. The normalized spacial score (nSPS) is 10.2. The molecule has 0 saturated heterocycles. The number of hydrogen-bond donors (Lipinski definition) is 0. The zero-order chi connectivity index (χ0) is 11.6. The Morgan fingerprint density at radius 1 is 1.67 bits per heavy atom. The number of benzene rings is 1. The van der Waals surface area contributed by atoms with Crippen LogP contribution >= 0.6 is 54.5 Å². The smallest absolute Gasteiger partial charge is 0.338 e. The highest BCUT2D eigenvalue weighted by atomic mass is 127. The maximum absolute atomic E-state index is 13.4. The predicted molar refractivity (Wildman–Crippen MR) is 70.8 cm³/mol. The summed E-state index contributed by atoms with van der Waals surface area (Å²) in [5.41, 5.74) is 0.923. The van der Waals surface area contributed by atoms with Crippen LogP contribution in [-0.4, -0.2) is 13.1 Å². The van der Waals surface area contributed by atoms with Crippen LogP contribution in [0, 0.1) is 9.39 Å². The Hall–Kier alpha value is 0.310. The second kappa shape index (κ2) is 5.58. The van der Waals surface area contributed by atoms with Crippen LogP contribution in [0.1, 0.15) is 15.9 Å². The van der Waals surface area contributed by atoms with Gasteiger partial charge in [-0.25, -0.2) is 9.18 Å². The fourth-order valence-electron chi connectivity index (χ4n) is 1.06. The summed E-state index contributed by atoms with van der Waals surface area (Å²) in [5.74, 6) is -0.979. The molecule has 0 radical (unpaired) electrons. The van der Waals surface area contributed by atoms with E-state index in [4.69, 9.17) is 0 Å². The Bertz CT molecular complexity index is 410. The van der Waals surface area contributed by atoms with Crippen molar-refractivity contribution < 1.29 is 13.9 Å². The molecule has 6 heteroatoms. The number of alkyl halides is 1. The molecule has 0 unspecified atom stereocenters. The average molecular weight is 452 g/mol. The van der Waals surface area contributed by atoms with Gasteiger partial charge in [-0.05, 0) is 50.2 Å². The summed E-state index contributed by atoms with van der Waals surface area (Å²) in [4.78, 5) is 11.4. The lowest BCUT2D eigenvalue weighted by Crippen LogP contribution is -2.07. The van der Waals surface area contributed by atoms with Gasteiger partial charge in [0.15, 0.2) is 0 Å². The lowest BCUT2D eigenvalue weighted by atomic mass is 10.1. The number of halogens is 4. The predicted octanol–water partition coefficient (Wildman–Crippen LogP) is 3.87. The SMILES string of the molecule is COC(=O)c1cc(F)c(I)c(Br)c1CBr. The van der Waals surface area contributed by atoms with Crippen molar-refractivity contribution in [3.63, 3.8) is 0 Å². The summed E-state index contributed by atoms with van der Waals surface area (Å²) >= 11 is 8.38. The molecule has 0 aromatic heterocycles. The maximum atomic E-state index is 13.4. The first-order valence-corrected chi connectivity index (χ1v) is 6.82. The van der Waals surface area contributed by atoms with Crippen molar-refractivity contribution in [3.8, 4) is 0 Å². The van der Waals surface area contributed by atoms with E-state index >= 15 is 0 Å². The van der Waals surface area contributed by atoms with Gasteiger partial charge in [0.05, 0.1) is 16.2 Å². The third kappa shape index (κ3) is 2.71. The maximum Gasteiger partial charge on any atom is 0.338 e. The molecule has 0 spiro atoms. The molecule has 1 rings (SSSR count). The summed E-state index contributed by atoms with van der Waals surface area (Å²) in [6, 6.07) is 1.19. The zero-order valence-corrected chi connectivity index (χ0v) is 12.9. The molecule has 0 aliphatic rings. The summed E-state index contributed by atoms with van der Waals surface area (Å²) in [7, 11) is 1.27. The molecule has 2 nitrogen and oxygen atoms in total. The van der Waals surface area contributed by atoms with Crippen LogP contribution in [0.4, 0.5) is 4.39 Å². The van der Waals surface area contributed by atoms with Crippen LogP contribution in [0.5, 0.6) is 0 Å². The number of carbonyl (C=O) groups is 1. The zero-order valence-electron chi connectivity index (χ0n) is 7.61. The van der Waals surface area contributed by atoms with Gasteiger partial charge in [-0.1, -0.05) is 15.9 Å². The molecule has 0 aliphatic heterocycles. The molecule has 0 fully saturated rings. The van der Waals surface area contributed by atoms with Gasteiger partial charge >= 0.3 is 5.97 Å². The van der Waals surface area contributed by atoms with Gasteiger partial charge in [-0.15, -0.1) is 0 Å². The molecule has 0 amide bonds. The molecular formula is C9H6Br2FIO2. The van der Waals surface area contributed by atoms with Crippen molar-refractivity contribution in [2.45, 2.75) is 5.33 Å². The van der Waals surface area contributed by atoms with Crippen molar-refractivity contribution >= 4 is 60.4 Å². The summed E-state index contributed by atoms with van der Waals surface area (Å²) in [6.07, 6.45) is 0. The average Bonchev–Trinajstić information content (AvgIpc) is 2.24. The Labute approximate surface area is 117 Å². The minimum absolute atomic E-state index is 0.235. The van der Waals surface area contributed by atoms with E-state index in [0.717, 1.165) is 0 Å². The Balaban J connectivity index is 3.45. The molecule has 1 aromatic rings. The fourth-order valence-corrected chi connectivity index (χ4v) is 3.04. The lowest BCUT2D eigenvalue weighted by Gasteiger charge is -2.10. The Kier molecular flexibility index (Phi) is 4.98. The van der Waals surface area contributed by atoms with Crippen LogP contribution in [0.25, 0.3) is 0 Å². The molecule has 15 heavy (non-hydrogen) atoms. The van der Waals surface area contributed by atoms with Crippen LogP contribution in [0.3, 0.4) is 0 Å². The Morgan fingerprint density at radius 3 is 2.73 bits per heavy atom. The van der Waals surface area contributed by atoms with Crippen LogP contribution in [0.2, 0.25) is 0 Å². The van der Waals surface area contributed by atoms with Crippen molar-refractivity contribution in [2.75, 3.05) is 7.11 Å². The van der Waals surface area contributed by atoms with Crippen molar-refractivity contribution in [1.82, 2.24) is 0 Å². The topological polar surface area (TPSA) is 26.3 Å². The van der Waals surface area contributed by atoms with E-state index in [9.17, 15) is 9.18 Å². The number of carbonyl (C=O) groups excluding carboxylic acids is 1. The van der Waals surface area contributed by atoms with Gasteiger partial charge in [0, 0.05) is 9.80 Å². The third-order valence-corrected chi connectivity index (χ3v) is 5.03. The number of rotatable bonds is 2. The highest BCUT2D eigenvalue weighted by Gasteiger charge is 2.19. The highest BCUT2D eigenvalue weighted by Crippen LogP contribution is 2.31. The van der Waals surface area contributed by atoms with Crippen molar-refractivity contribution in [2.24, 2.45) is 0 Å². The largest absolute Gasteiger partial charge is 0.465 e. The first kappa shape index (κ1) is 13.4. The number of esters is 1. The third-order valence-electron chi connectivity index (χ3n) is 1.80. The van der Waals surface area contributed by atoms with Crippen molar-refractivity contribution in [3.05, 3.63) is 31.1 Å². The van der Waals surface area contributed by atoms with E-state index < -0.39 is 11.8 Å². The minimum atomic E-state index is -0.541. The molecule has 0 heterocycles. The van der Waals surface area contributed by atoms with Gasteiger partial charge in [-0.3, -0.25) is 0 Å². The first-order valence-electron chi connectivity index (χ1n) is 3.83. The second-order valence-corrected chi connectivity index (χ2v) is 5.07. The molecule has 0 bridgehead atoms. The number of ether oxygens (including phenoxy) is 1. The molecule has 1 aromatic carbocycles. The second-order valence-electron chi connectivity index (χ2n) is 2.64. The molecule has 0 atom stereocenters. The van der Waals surface area contributed by atoms with E-state index in [2.05, 4.69) is 36.6 Å². The summed E-state index contributed by atoms with van der Waals surface area (Å²) < 4.78 is 19.0. The summed E-state index contributed by atoms with van der Waals surface area (Å²) in [6.45, 7) is 0. The quantitative estimate of drug-likeness (QED) is 0.295. The molecule has 82 valence electrons. The van der Waals surface area contributed by atoms with Gasteiger partial charge in [0.2, 0.25) is 0 Å². The molecular weight excluding hydrogens is 446 g/mol. The highest BCUT2D eigenvalue weighted by molar-refractivity contribution is 14.1. The van der Waals surface area contributed by atoms with Gasteiger partial charge in [0.1, 0.15) is 5.82 Å². The van der Waals surface area contributed by atoms with E-state index in [1.54, 1.807) is 0 Å².